The lowest BCUT2D eigenvalue weighted by atomic mass is 9.45. The normalized spacial score (nSPS) is 34.2. The van der Waals surface area contributed by atoms with Crippen LogP contribution in [0.1, 0.15) is 33.6 Å². The predicted molar refractivity (Wildman–Crippen MR) is 71.8 cm³/mol. The van der Waals surface area contributed by atoms with Gasteiger partial charge in [-0.15, -0.1) is 4.33 Å². The van der Waals surface area contributed by atoms with E-state index in [0.29, 0.717) is 6.42 Å². The van der Waals surface area contributed by atoms with Gasteiger partial charge in [-0.3, -0.25) is 4.79 Å². The predicted octanol–water partition coefficient (Wildman–Crippen LogP) is 3.22. The van der Waals surface area contributed by atoms with E-state index in [-0.39, 0.29) is 17.8 Å². The number of Topliss-reactive ketones (excluding diaryl/α,β-unsaturated/α-hetero) is 1. The van der Waals surface area contributed by atoms with Crippen molar-refractivity contribution in [1.29, 1.82) is 0 Å². The summed E-state index contributed by atoms with van der Waals surface area (Å²) in [7, 11) is 0. The van der Waals surface area contributed by atoms with E-state index in [1.54, 1.807) is 0 Å². The molecule has 4 atom stereocenters. The molecule has 138 valence electrons. The Balaban J connectivity index is 2.20. The van der Waals surface area contributed by atoms with Gasteiger partial charge in [0, 0.05) is 5.92 Å². The summed E-state index contributed by atoms with van der Waals surface area (Å²) in [6.07, 6.45) is -5.14. The molecular weight excluding hydrogens is 360 g/mol. The number of rotatable bonds is 5. The molecule has 3 fully saturated rings. The maximum absolute atomic E-state index is 14.1. The molecule has 4 unspecified atom stereocenters. The van der Waals surface area contributed by atoms with Gasteiger partial charge in [-0.25, -0.2) is 14.4 Å². The zero-order chi connectivity index (χ0) is 18.6. The molecule has 2 bridgehead atoms. The van der Waals surface area contributed by atoms with Crippen LogP contribution < -0.4 is 0 Å². The lowest BCUT2D eigenvalue weighted by Crippen LogP contribution is -2.65. The summed E-state index contributed by atoms with van der Waals surface area (Å²) in [5.74, 6) is -3.36. The number of hydrogen-bond donors (Lipinski definition) is 1. The maximum atomic E-state index is 14.1. The number of fused-ring (bicyclic) bond motifs is 2. The second-order valence-corrected chi connectivity index (χ2v) is 7.68. The first-order valence-electron chi connectivity index (χ1n) is 6.99. The Hall–Kier alpha value is -0.910. The first-order chi connectivity index (χ1) is 10.8. The van der Waals surface area contributed by atoms with E-state index in [4.69, 9.17) is 5.26 Å². The van der Waals surface area contributed by atoms with E-state index < -0.39 is 46.5 Å². The summed E-state index contributed by atoms with van der Waals surface area (Å²) in [5.41, 5.74) is -2.17. The molecule has 0 aliphatic heterocycles. The fourth-order valence-electron chi connectivity index (χ4n) is 3.37. The number of halogens is 4. The van der Waals surface area contributed by atoms with Gasteiger partial charge < -0.3 is 4.74 Å². The van der Waals surface area contributed by atoms with Crippen molar-refractivity contribution in [2.24, 2.45) is 17.3 Å². The smallest absolute Gasteiger partial charge is 0.446 e. The number of alkyl halides is 4. The Bertz CT molecular complexity index is 553. The van der Waals surface area contributed by atoms with Crippen molar-refractivity contribution in [3.63, 3.8) is 0 Å². The fraction of sp³-hybridized carbons (Fsp3) is 0.846. The quantitative estimate of drug-likeness (QED) is 0.259. The number of hydrogen-bond acceptors (Lipinski definition) is 7. The highest BCUT2D eigenvalue weighted by Crippen LogP contribution is 2.61. The maximum Gasteiger partial charge on any atom is 0.446 e. The molecule has 24 heavy (non-hydrogen) atoms. The minimum atomic E-state index is -5.72. The summed E-state index contributed by atoms with van der Waals surface area (Å²) in [6.45, 7) is 4.87. The fourth-order valence-corrected chi connectivity index (χ4v) is 3.70. The van der Waals surface area contributed by atoms with Crippen LogP contribution in [0.4, 0.5) is 17.6 Å². The average molecular weight is 376 g/mol. The van der Waals surface area contributed by atoms with Gasteiger partial charge in [0.05, 0.1) is 12.0 Å². The second-order valence-electron chi connectivity index (χ2n) is 6.81. The van der Waals surface area contributed by atoms with E-state index in [0.717, 1.165) is 0 Å². The average Bonchev–Trinajstić information content (AvgIpc) is 2.45. The number of ether oxygens (including phenoxy) is 1. The van der Waals surface area contributed by atoms with E-state index in [2.05, 4.69) is 14.1 Å². The van der Waals surface area contributed by atoms with E-state index in [9.17, 15) is 27.2 Å². The lowest BCUT2D eigenvalue weighted by Gasteiger charge is -2.59. The van der Waals surface area contributed by atoms with Gasteiger partial charge in [0.2, 0.25) is 0 Å². The number of esters is 1. The Morgan fingerprint density at radius 3 is 2.29 bits per heavy atom. The molecule has 0 spiro atoms. The van der Waals surface area contributed by atoms with Crippen molar-refractivity contribution >= 4 is 23.8 Å². The van der Waals surface area contributed by atoms with Crippen LogP contribution in [0, 0.1) is 17.3 Å². The van der Waals surface area contributed by atoms with E-state index in [1.165, 1.54) is 6.92 Å². The minimum Gasteiger partial charge on any atom is -0.448 e. The van der Waals surface area contributed by atoms with Crippen LogP contribution in [0.5, 0.6) is 0 Å². The summed E-state index contributed by atoms with van der Waals surface area (Å²) >= 11 is -1.11. The first kappa shape index (κ1) is 19.4. The van der Waals surface area contributed by atoms with Gasteiger partial charge >= 0.3 is 17.1 Å². The molecule has 0 aromatic carbocycles. The van der Waals surface area contributed by atoms with Crippen LogP contribution in [0.25, 0.3) is 0 Å². The van der Waals surface area contributed by atoms with Crippen LogP contribution in [-0.2, 0) is 23.7 Å². The first-order valence-corrected chi connectivity index (χ1v) is 7.73. The van der Waals surface area contributed by atoms with Crippen LogP contribution >= 0.6 is 12.0 Å². The SMILES string of the molecule is CC1(OC(=O)C(F)(SOOO)C(F)(F)F)CC2CC(C1=O)C2(C)C. The molecular formula is C13H16F4O6S. The molecule has 3 aliphatic rings. The molecule has 3 aliphatic carbocycles. The highest BCUT2D eigenvalue weighted by atomic mass is 32.2. The third kappa shape index (κ3) is 2.80. The van der Waals surface area contributed by atoms with Crippen LogP contribution in [0.15, 0.2) is 0 Å². The molecule has 0 radical (unpaired) electrons. The lowest BCUT2D eigenvalue weighted by molar-refractivity contribution is -0.433. The molecule has 0 saturated heterocycles. The molecule has 0 amide bonds. The topological polar surface area (TPSA) is 82.1 Å². The standard InChI is InChI=1S/C13H16F4O6S/c1-10(2)6-4-7(10)8(18)11(3,5-6)21-9(19)12(14,13(15,16)17)24-23-22-20/h6-7,20H,4-5H2,1-3H3. The highest BCUT2D eigenvalue weighted by molar-refractivity contribution is 7.96. The van der Waals surface area contributed by atoms with Crippen molar-refractivity contribution in [2.75, 3.05) is 0 Å². The van der Waals surface area contributed by atoms with Crippen molar-refractivity contribution in [2.45, 2.75) is 50.4 Å². The van der Waals surface area contributed by atoms with E-state index >= 15 is 0 Å². The largest absolute Gasteiger partial charge is 0.448 e. The third-order valence-corrected chi connectivity index (χ3v) is 5.83. The zero-order valence-corrected chi connectivity index (χ0v) is 13.8. The molecule has 0 heterocycles. The third-order valence-electron chi connectivity index (χ3n) is 5.07. The number of carbonyl (C=O) groups is 2. The zero-order valence-electron chi connectivity index (χ0n) is 13.0. The van der Waals surface area contributed by atoms with Crippen LogP contribution in [-0.4, -0.2) is 33.8 Å². The molecule has 6 nitrogen and oxygen atoms in total. The van der Waals surface area contributed by atoms with Crippen molar-refractivity contribution in [1.82, 2.24) is 0 Å². The summed E-state index contributed by atoms with van der Waals surface area (Å²) in [6, 6.07) is 0. The Morgan fingerprint density at radius 2 is 1.88 bits per heavy atom. The molecule has 3 saturated carbocycles. The monoisotopic (exact) mass is 376 g/mol. The molecule has 11 heteroatoms. The number of carbonyl (C=O) groups excluding carboxylic acids is 2. The molecule has 3 rings (SSSR count). The summed E-state index contributed by atoms with van der Waals surface area (Å²) in [4.78, 5) is 24.3. The molecule has 0 aromatic heterocycles. The van der Waals surface area contributed by atoms with Crippen molar-refractivity contribution in [3.05, 3.63) is 0 Å². The minimum absolute atomic E-state index is 0.0109. The van der Waals surface area contributed by atoms with Crippen LogP contribution in [0.3, 0.4) is 0 Å². The molecule has 1 N–H and O–H groups in total. The van der Waals surface area contributed by atoms with Gasteiger partial charge in [-0.2, -0.15) is 13.2 Å². The van der Waals surface area contributed by atoms with Gasteiger partial charge in [-0.1, -0.05) is 18.9 Å². The second kappa shape index (κ2) is 5.82. The Labute approximate surface area is 138 Å². The number of ketones is 1. The summed E-state index contributed by atoms with van der Waals surface area (Å²) in [5, 5.41) is 6.17. The van der Waals surface area contributed by atoms with Crippen LogP contribution in [0.2, 0.25) is 0 Å². The summed E-state index contributed by atoms with van der Waals surface area (Å²) < 4.78 is 60.8. The Morgan fingerprint density at radius 1 is 1.29 bits per heavy atom. The van der Waals surface area contributed by atoms with Crippen molar-refractivity contribution in [3.8, 4) is 0 Å². The van der Waals surface area contributed by atoms with Crippen molar-refractivity contribution < 1.29 is 46.5 Å². The van der Waals surface area contributed by atoms with Gasteiger partial charge in [0.15, 0.2) is 11.4 Å². The highest BCUT2D eigenvalue weighted by Gasteiger charge is 2.69. The molecule has 0 aromatic rings. The Kier molecular flexibility index (Phi) is 4.71. The van der Waals surface area contributed by atoms with E-state index in [1.807, 2.05) is 13.8 Å². The van der Waals surface area contributed by atoms with Gasteiger partial charge in [0.25, 0.3) is 0 Å². The van der Waals surface area contributed by atoms with Gasteiger partial charge in [-0.05, 0) is 31.1 Å². The van der Waals surface area contributed by atoms with Gasteiger partial charge in [0.1, 0.15) is 0 Å².